The minimum atomic E-state index is 0.148. The van der Waals surface area contributed by atoms with Gasteiger partial charge in [-0.05, 0) is 56.1 Å². The lowest BCUT2D eigenvalue weighted by molar-refractivity contribution is -0.119. The third-order valence-corrected chi connectivity index (χ3v) is 5.54. The lowest BCUT2D eigenvalue weighted by atomic mass is 10.0. The van der Waals surface area contributed by atoms with Crippen LogP contribution in [-0.4, -0.2) is 43.7 Å². The molecule has 5 nitrogen and oxygen atoms in total. The molecule has 4 rings (SSSR count). The second kappa shape index (κ2) is 8.65. The van der Waals surface area contributed by atoms with E-state index in [1.165, 1.54) is 5.56 Å². The third kappa shape index (κ3) is 3.99. The summed E-state index contributed by atoms with van der Waals surface area (Å²) in [5, 5.41) is 0. The molecule has 2 heterocycles. The highest BCUT2D eigenvalue weighted by atomic mass is 16.5. The summed E-state index contributed by atoms with van der Waals surface area (Å²) in [5.74, 6) is 1.80. The Morgan fingerprint density at radius 2 is 1.86 bits per heavy atom. The molecule has 0 radical (unpaired) electrons. The monoisotopic (exact) mass is 380 g/mol. The third-order valence-electron chi connectivity index (χ3n) is 5.54. The Morgan fingerprint density at radius 3 is 2.64 bits per heavy atom. The number of likely N-dealkylation sites (N-methyl/N-ethyl adjacent to an activating group) is 1. The van der Waals surface area contributed by atoms with Gasteiger partial charge in [0, 0.05) is 24.7 Å². The predicted octanol–water partition coefficient (Wildman–Crippen LogP) is 4.04. The molecule has 2 aromatic rings. The Morgan fingerprint density at radius 1 is 1.07 bits per heavy atom. The molecule has 2 aliphatic heterocycles. The molecule has 2 aliphatic rings. The molecule has 0 bridgehead atoms. The van der Waals surface area contributed by atoms with Gasteiger partial charge >= 0.3 is 0 Å². The zero-order chi connectivity index (χ0) is 19.3. The summed E-state index contributed by atoms with van der Waals surface area (Å²) in [6.45, 7) is 5.45. The average molecular weight is 380 g/mol. The first-order valence-electron chi connectivity index (χ1n) is 10.3. The van der Waals surface area contributed by atoms with Gasteiger partial charge in [-0.2, -0.15) is 0 Å². The summed E-state index contributed by atoms with van der Waals surface area (Å²) in [5.41, 5.74) is 2.17. The molecule has 0 aromatic heterocycles. The topological polar surface area (TPSA) is 42.0 Å². The molecule has 28 heavy (non-hydrogen) atoms. The molecule has 5 heteroatoms. The van der Waals surface area contributed by atoms with Crippen LogP contribution in [0.25, 0.3) is 0 Å². The van der Waals surface area contributed by atoms with Crippen molar-refractivity contribution in [3.05, 3.63) is 54.1 Å². The van der Waals surface area contributed by atoms with E-state index in [0.717, 1.165) is 43.0 Å². The molecule has 1 saturated heterocycles. The van der Waals surface area contributed by atoms with Gasteiger partial charge in [-0.15, -0.1) is 0 Å². The van der Waals surface area contributed by atoms with Crippen molar-refractivity contribution in [1.82, 2.24) is 4.90 Å². The number of likely N-dealkylation sites (tertiary alicyclic amines) is 1. The number of nitrogens with zero attached hydrogens (tertiary/aromatic N) is 2. The van der Waals surface area contributed by atoms with E-state index in [1.807, 2.05) is 48.2 Å². The zero-order valence-corrected chi connectivity index (χ0v) is 16.5. The van der Waals surface area contributed by atoms with E-state index < -0.39 is 0 Å². The Balaban J connectivity index is 1.49. The number of para-hydroxylation sites is 1. The van der Waals surface area contributed by atoms with Crippen molar-refractivity contribution < 1.29 is 14.3 Å². The summed E-state index contributed by atoms with van der Waals surface area (Å²) in [4.78, 5) is 17.2. The Hall–Kier alpha value is -2.53. The van der Waals surface area contributed by atoms with Gasteiger partial charge in [-0.25, -0.2) is 0 Å². The number of carbonyl (C=O) groups is 1. The van der Waals surface area contributed by atoms with Gasteiger partial charge in [0.25, 0.3) is 0 Å². The Bertz CT molecular complexity index is 809. The number of hydrogen-bond acceptors (Lipinski definition) is 4. The van der Waals surface area contributed by atoms with Crippen LogP contribution in [0, 0.1) is 0 Å². The lowest BCUT2D eigenvalue weighted by Gasteiger charge is -2.28. The summed E-state index contributed by atoms with van der Waals surface area (Å²) in [7, 11) is 0. The highest BCUT2D eigenvalue weighted by Crippen LogP contribution is 2.37. The second-order valence-electron chi connectivity index (χ2n) is 7.36. The fourth-order valence-electron chi connectivity index (χ4n) is 4.15. The number of anilines is 1. The van der Waals surface area contributed by atoms with E-state index in [-0.39, 0.29) is 11.9 Å². The van der Waals surface area contributed by atoms with E-state index in [0.29, 0.717) is 26.3 Å². The molecule has 1 atom stereocenters. The molecule has 0 spiro atoms. The van der Waals surface area contributed by atoms with Crippen molar-refractivity contribution in [3.63, 3.8) is 0 Å². The fourth-order valence-corrected chi connectivity index (χ4v) is 4.15. The van der Waals surface area contributed by atoms with Crippen molar-refractivity contribution in [1.29, 1.82) is 0 Å². The average Bonchev–Trinajstić information content (AvgIpc) is 3.04. The maximum Gasteiger partial charge on any atom is 0.241 e. The van der Waals surface area contributed by atoms with Crippen LogP contribution in [0.1, 0.15) is 37.8 Å². The molecule has 148 valence electrons. The molecular weight excluding hydrogens is 352 g/mol. The quantitative estimate of drug-likeness (QED) is 0.785. The van der Waals surface area contributed by atoms with Gasteiger partial charge < -0.3 is 14.4 Å². The van der Waals surface area contributed by atoms with Crippen LogP contribution >= 0.6 is 0 Å². The maximum absolute atomic E-state index is 13.0. The smallest absolute Gasteiger partial charge is 0.241 e. The van der Waals surface area contributed by atoms with E-state index in [9.17, 15) is 4.79 Å². The van der Waals surface area contributed by atoms with Gasteiger partial charge in [-0.3, -0.25) is 9.69 Å². The minimum absolute atomic E-state index is 0.148. The van der Waals surface area contributed by atoms with Gasteiger partial charge in [0.15, 0.2) is 11.5 Å². The van der Waals surface area contributed by atoms with Gasteiger partial charge in [-0.1, -0.05) is 24.3 Å². The normalized spacial score (nSPS) is 19.2. The van der Waals surface area contributed by atoms with Crippen molar-refractivity contribution >= 4 is 11.6 Å². The predicted molar refractivity (Wildman–Crippen MR) is 110 cm³/mol. The molecule has 0 unspecified atom stereocenters. The van der Waals surface area contributed by atoms with Crippen LogP contribution in [-0.2, 0) is 4.79 Å². The Kier molecular flexibility index (Phi) is 5.81. The van der Waals surface area contributed by atoms with Gasteiger partial charge in [0.1, 0.15) is 0 Å². The first-order valence-corrected chi connectivity index (χ1v) is 10.3. The van der Waals surface area contributed by atoms with Crippen LogP contribution in [0.4, 0.5) is 5.69 Å². The Labute approximate surface area is 166 Å². The summed E-state index contributed by atoms with van der Waals surface area (Å²) in [6.07, 6.45) is 3.06. The van der Waals surface area contributed by atoms with Gasteiger partial charge in [0.2, 0.25) is 5.91 Å². The molecular formula is C23H28N2O3. The number of carbonyl (C=O) groups excluding carboxylic acids is 1. The molecule has 2 aromatic carbocycles. The van der Waals surface area contributed by atoms with Crippen molar-refractivity contribution in [3.8, 4) is 11.5 Å². The zero-order valence-electron chi connectivity index (χ0n) is 16.5. The number of amides is 1. The first-order chi connectivity index (χ1) is 13.8. The van der Waals surface area contributed by atoms with E-state index in [4.69, 9.17) is 9.47 Å². The molecule has 0 saturated carbocycles. The number of rotatable bonds is 5. The highest BCUT2D eigenvalue weighted by molar-refractivity contribution is 5.94. The van der Waals surface area contributed by atoms with Crippen LogP contribution in [0.3, 0.4) is 0 Å². The maximum atomic E-state index is 13.0. The number of hydrogen-bond donors (Lipinski definition) is 0. The lowest BCUT2D eigenvalue weighted by Crippen LogP contribution is -2.40. The number of fused-ring (bicyclic) bond motifs is 1. The van der Waals surface area contributed by atoms with Crippen molar-refractivity contribution in [2.75, 3.05) is 37.7 Å². The van der Waals surface area contributed by atoms with E-state index in [2.05, 4.69) is 17.0 Å². The van der Waals surface area contributed by atoms with Crippen molar-refractivity contribution in [2.24, 2.45) is 0 Å². The minimum Gasteiger partial charge on any atom is -0.490 e. The van der Waals surface area contributed by atoms with E-state index >= 15 is 0 Å². The summed E-state index contributed by atoms with van der Waals surface area (Å²) in [6, 6.07) is 16.4. The van der Waals surface area contributed by atoms with Crippen LogP contribution in [0.15, 0.2) is 48.5 Å². The molecule has 0 aliphatic carbocycles. The summed E-state index contributed by atoms with van der Waals surface area (Å²) < 4.78 is 11.6. The number of ether oxygens (including phenoxy) is 2. The highest BCUT2D eigenvalue weighted by Gasteiger charge is 2.30. The molecule has 0 N–H and O–H groups in total. The molecule has 1 fully saturated rings. The number of benzene rings is 2. The van der Waals surface area contributed by atoms with Crippen LogP contribution in [0.5, 0.6) is 11.5 Å². The van der Waals surface area contributed by atoms with Gasteiger partial charge in [0.05, 0.1) is 19.8 Å². The first kappa shape index (κ1) is 18.8. The largest absolute Gasteiger partial charge is 0.490 e. The summed E-state index contributed by atoms with van der Waals surface area (Å²) >= 11 is 0. The second-order valence-corrected chi connectivity index (χ2v) is 7.36. The van der Waals surface area contributed by atoms with Crippen LogP contribution < -0.4 is 14.4 Å². The fraction of sp³-hybridized carbons (Fsp3) is 0.435. The van der Waals surface area contributed by atoms with Crippen LogP contribution in [0.2, 0.25) is 0 Å². The molecule has 1 amide bonds. The standard InChI is InChI=1S/C23H28N2O3/c1-2-25(19-8-4-3-5-9-19)23(26)17-24-13-6-10-20(24)18-11-12-21-22(16-18)28-15-7-14-27-21/h3-5,8-9,11-12,16,20H,2,6-7,10,13-15,17H2,1H3/t20-/m0/s1. The SMILES string of the molecule is CCN(C(=O)CN1CCC[C@H]1c1ccc2c(c1)OCCCO2)c1ccccc1. The van der Waals surface area contributed by atoms with Crippen molar-refractivity contribution in [2.45, 2.75) is 32.2 Å². The van der Waals surface area contributed by atoms with E-state index in [1.54, 1.807) is 0 Å².